The third-order valence-electron chi connectivity index (χ3n) is 3.72. The molecule has 0 atom stereocenters. The Hall–Kier alpha value is -1.61. The van der Waals surface area contributed by atoms with Gasteiger partial charge in [0.05, 0.1) is 0 Å². The van der Waals surface area contributed by atoms with Gasteiger partial charge < -0.3 is 10.1 Å². The van der Waals surface area contributed by atoms with E-state index in [2.05, 4.69) is 67.9 Å². The van der Waals surface area contributed by atoms with Crippen LogP contribution >= 0.6 is 11.8 Å². The quantitative estimate of drug-likeness (QED) is 0.824. The third kappa shape index (κ3) is 3.18. The van der Waals surface area contributed by atoms with Crippen molar-refractivity contribution in [2.24, 2.45) is 0 Å². The number of ether oxygens (including phenoxy) is 1. The molecule has 0 saturated heterocycles. The number of para-hydroxylation sites is 1. The number of anilines is 1. The van der Waals surface area contributed by atoms with E-state index in [-0.39, 0.29) is 5.60 Å². The van der Waals surface area contributed by atoms with Gasteiger partial charge in [0.15, 0.2) is 0 Å². The summed E-state index contributed by atoms with van der Waals surface area (Å²) in [5.41, 5.74) is 3.74. The standard InChI is InChI=1S/C18H21NOS/c1-18(2)11-14-10-13(8-9-16(14)20-18)12-19-15-6-4-5-7-17(15)21-3/h4-10,19H,11-12H2,1-3H3. The summed E-state index contributed by atoms with van der Waals surface area (Å²) in [6.45, 7) is 5.12. The van der Waals surface area contributed by atoms with Gasteiger partial charge in [-0.25, -0.2) is 0 Å². The van der Waals surface area contributed by atoms with Crippen LogP contribution in [0.2, 0.25) is 0 Å². The molecule has 0 aliphatic carbocycles. The van der Waals surface area contributed by atoms with Crippen molar-refractivity contribution >= 4 is 17.4 Å². The summed E-state index contributed by atoms with van der Waals surface area (Å²) in [5.74, 6) is 1.04. The molecule has 0 fully saturated rings. The van der Waals surface area contributed by atoms with Gasteiger partial charge in [0.1, 0.15) is 11.4 Å². The monoisotopic (exact) mass is 299 g/mol. The van der Waals surface area contributed by atoms with Crippen molar-refractivity contribution < 1.29 is 4.74 Å². The average molecular weight is 299 g/mol. The Morgan fingerprint density at radius 1 is 1.19 bits per heavy atom. The summed E-state index contributed by atoms with van der Waals surface area (Å²) in [7, 11) is 0. The first kappa shape index (κ1) is 14.3. The lowest BCUT2D eigenvalue weighted by molar-refractivity contribution is 0.138. The normalized spacial score (nSPS) is 15.4. The van der Waals surface area contributed by atoms with Gasteiger partial charge >= 0.3 is 0 Å². The fraction of sp³-hybridized carbons (Fsp3) is 0.333. The molecule has 1 aliphatic heterocycles. The van der Waals surface area contributed by atoms with Crippen molar-refractivity contribution in [2.75, 3.05) is 11.6 Å². The molecule has 3 rings (SSSR count). The topological polar surface area (TPSA) is 21.3 Å². The molecular weight excluding hydrogens is 278 g/mol. The molecular formula is C18H21NOS. The fourth-order valence-electron chi connectivity index (χ4n) is 2.76. The van der Waals surface area contributed by atoms with Gasteiger partial charge in [-0.3, -0.25) is 0 Å². The number of hydrogen-bond acceptors (Lipinski definition) is 3. The molecule has 1 N–H and O–H groups in total. The van der Waals surface area contributed by atoms with Gasteiger partial charge in [-0.1, -0.05) is 24.3 Å². The van der Waals surface area contributed by atoms with Crippen LogP contribution in [0.1, 0.15) is 25.0 Å². The first-order chi connectivity index (χ1) is 10.1. The highest BCUT2D eigenvalue weighted by molar-refractivity contribution is 7.98. The minimum absolute atomic E-state index is 0.0696. The lowest BCUT2D eigenvalue weighted by atomic mass is 10.0. The number of hydrogen-bond donors (Lipinski definition) is 1. The van der Waals surface area contributed by atoms with Gasteiger partial charge in [-0.15, -0.1) is 11.8 Å². The van der Waals surface area contributed by atoms with Crippen molar-refractivity contribution in [3.8, 4) is 5.75 Å². The summed E-state index contributed by atoms with van der Waals surface area (Å²) in [6.07, 6.45) is 3.09. The maximum absolute atomic E-state index is 5.92. The number of benzene rings is 2. The summed E-state index contributed by atoms with van der Waals surface area (Å²) in [4.78, 5) is 1.28. The number of nitrogens with one attached hydrogen (secondary N) is 1. The van der Waals surface area contributed by atoms with Crippen molar-refractivity contribution in [1.82, 2.24) is 0 Å². The second-order valence-electron chi connectivity index (χ2n) is 6.03. The summed E-state index contributed by atoms with van der Waals surface area (Å²) >= 11 is 1.77. The van der Waals surface area contributed by atoms with E-state index in [4.69, 9.17) is 4.74 Å². The second kappa shape index (κ2) is 5.64. The molecule has 1 aliphatic rings. The smallest absolute Gasteiger partial charge is 0.123 e. The van der Waals surface area contributed by atoms with Crippen LogP contribution in [-0.4, -0.2) is 11.9 Å². The molecule has 110 valence electrons. The van der Waals surface area contributed by atoms with Gasteiger partial charge in [0.25, 0.3) is 0 Å². The molecule has 0 radical (unpaired) electrons. The highest BCUT2D eigenvalue weighted by Crippen LogP contribution is 2.35. The predicted molar refractivity (Wildman–Crippen MR) is 90.4 cm³/mol. The van der Waals surface area contributed by atoms with Crippen molar-refractivity contribution in [3.05, 3.63) is 53.6 Å². The van der Waals surface area contributed by atoms with Gasteiger partial charge in [0.2, 0.25) is 0 Å². The highest BCUT2D eigenvalue weighted by atomic mass is 32.2. The van der Waals surface area contributed by atoms with E-state index in [1.165, 1.54) is 21.7 Å². The molecule has 3 heteroatoms. The van der Waals surface area contributed by atoms with E-state index >= 15 is 0 Å². The zero-order valence-electron chi connectivity index (χ0n) is 12.8. The van der Waals surface area contributed by atoms with E-state index in [1.54, 1.807) is 11.8 Å². The Morgan fingerprint density at radius 3 is 2.81 bits per heavy atom. The SMILES string of the molecule is CSc1ccccc1NCc1ccc2c(c1)CC(C)(C)O2. The van der Waals surface area contributed by atoms with E-state index in [9.17, 15) is 0 Å². The fourth-order valence-corrected chi connectivity index (χ4v) is 3.34. The van der Waals surface area contributed by atoms with E-state index < -0.39 is 0 Å². The van der Waals surface area contributed by atoms with E-state index in [0.717, 1.165) is 18.7 Å². The molecule has 2 nitrogen and oxygen atoms in total. The zero-order valence-corrected chi connectivity index (χ0v) is 13.6. The maximum atomic E-state index is 5.92. The molecule has 21 heavy (non-hydrogen) atoms. The second-order valence-corrected chi connectivity index (χ2v) is 6.88. The van der Waals surface area contributed by atoms with Crippen LogP contribution in [0, 0.1) is 0 Å². The van der Waals surface area contributed by atoms with Crippen molar-refractivity contribution in [3.63, 3.8) is 0 Å². The van der Waals surface area contributed by atoms with Crippen LogP contribution in [0.4, 0.5) is 5.69 Å². The van der Waals surface area contributed by atoms with Gasteiger partial charge in [-0.2, -0.15) is 0 Å². The van der Waals surface area contributed by atoms with Crippen LogP contribution in [-0.2, 0) is 13.0 Å². The largest absolute Gasteiger partial charge is 0.487 e. The molecule has 0 saturated carbocycles. The first-order valence-corrected chi connectivity index (χ1v) is 8.47. The molecule has 0 aromatic heterocycles. The van der Waals surface area contributed by atoms with E-state index in [0.29, 0.717) is 0 Å². The highest BCUT2D eigenvalue weighted by Gasteiger charge is 2.29. The number of fused-ring (bicyclic) bond motifs is 1. The summed E-state index contributed by atoms with van der Waals surface area (Å²) in [5, 5.41) is 3.53. The Balaban J connectivity index is 1.72. The Morgan fingerprint density at radius 2 is 2.00 bits per heavy atom. The van der Waals surface area contributed by atoms with Crippen LogP contribution in [0.3, 0.4) is 0 Å². The molecule has 0 amide bonds. The lowest BCUT2D eigenvalue weighted by Gasteiger charge is -2.16. The van der Waals surface area contributed by atoms with Crippen molar-refractivity contribution in [1.29, 1.82) is 0 Å². The van der Waals surface area contributed by atoms with E-state index in [1.807, 2.05) is 0 Å². The minimum atomic E-state index is -0.0696. The number of rotatable bonds is 4. The van der Waals surface area contributed by atoms with Crippen LogP contribution in [0.5, 0.6) is 5.75 Å². The van der Waals surface area contributed by atoms with Crippen LogP contribution < -0.4 is 10.1 Å². The zero-order chi connectivity index (χ0) is 14.9. The molecule has 0 spiro atoms. The van der Waals surface area contributed by atoms with Gasteiger partial charge in [-0.05, 0) is 49.4 Å². The molecule has 2 aromatic carbocycles. The summed E-state index contributed by atoms with van der Waals surface area (Å²) in [6, 6.07) is 14.9. The molecule has 2 aromatic rings. The Bertz CT molecular complexity index is 651. The first-order valence-electron chi connectivity index (χ1n) is 7.25. The number of thioether (sulfide) groups is 1. The van der Waals surface area contributed by atoms with Crippen LogP contribution in [0.25, 0.3) is 0 Å². The summed E-state index contributed by atoms with van der Waals surface area (Å²) < 4.78 is 5.92. The lowest BCUT2D eigenvalue weighted by Crippen LogP contribution is -2.24. The predicted octanol–water partition coefficient (Wildman–Crippen LogP) is 4.73. The molecule has 0 unspecified atom stereocenters. The molecule has 1 heterocycles. The third-order valence-corrected chi connectivity index (χ3v) is 4.51. The van der Waals surface area contributed by atoms with Crippen LogP contribution in [0.15, 0.2) is 47.4 Å². The minimum Gasteiger partial charge on any atom is -0.487 e. The van der Waals surface area contributed by atoms with Gasteiger partial charge in [0, 0.05) is 23.5 Å². The Labute approximate surface area is 130 Å². The average Bonchev–Trinajstić information content (AvgIpc) is 2.78. The molecule has 0 bridgehead atoms. The Kier molecular flexibility index (Phi) is 3.85. The van der Waals surface area contributed by atoms with Crippen molar-refractivity contribution in [2.45, 2.75) is 37.3 Å². The maximum Gasteiger partial charge on any atom is 0.123 e.